The largest absolute Gasteiger partial charge is 0.470 e. The Morgan fingerprint density at radius 3 is 2.83 bits per heavy atom. The fourth-order valence-corrected chi connectivity index (χ4v) is 4.78. The second-order valence-electron chi connectivity index (χ2n) is 11.2. The SMILES string of the molecule is CC(C)(C)OC(=O)N1C[C@](C)(CO)c2cc(-c3ccnc(Nc4cccnc4O[C@H]4CCOC4)n3)cc(C#N)c21. The van der Waals surface area contributed by atoms with Gasteiger partial charge < -0.3 is 24.6 Å². The van der Waals surface area contributed by atoms with Gasteiger partial charge in [-0.2, -0.15) is 5.26 Å². The third-order valence-electron chi connectivity index (χ3n) is 6.76. The summed E-state index contributed by atoms with van der Waals surface area (Å²) in [6, 6.07) is 11.1. The number of nitrogens with zero attached hydrogens (tertiary/aromatic N) is 5. The number of nitrogens with one attached hydrogen (secondary N) is 1. The maximum absolute atomic E-state index is 13.1. The molecule has 1 aromatic carbocycles. The average Bonchev–Trinajstić information content (AvgIpc) is 3.55. The Hall–Kier alpha value is -4.27. The number of carbonyl (C=O) groups is 1. The van der Waals surface area contributed by atoms with Gasteiger partial charge in [-0.05, 0) is 56.7 Å². The Morgan fingerprint density at radius 2 is 2.12 bits per heavy atom. The molecule has 0 aliphatic carbocycles. The van der Waals surface area contributed by atoms with Crippen LogP contribution in [0.4, 0.5) is 22.1 Å². The van der Waals surface area contributed by atoms with E-state index < -0.39 is 17.1 Å². The standard InChI is InChI=1S/C29H32N6O5/c1-28(2,3)40-27(37)35-16-29(4,17-36)21-13-18(12-19(14-30)24(21)35)22-7-10-32-26(33-22)34-23-6-5-9-31-25(23)39-20-8-11-38-15-20/h5-7,9-10,12-13,20,36H,8,11,15-17H2,1-4H3,(H,32,33,34)/t20-,29+/m0/s1. The van der Waals surface area contributed by atoms with Crippen molar-refractivity contribution in [3.63, 3.8) is 0 Å². The Morgan fingerprint density at radius 1 is 1.30 bits per heavy atom. The summed E-state index contributed by atoms with van der Waals surface area (Å²) in [4.78, 5) is 27.9. The van der Waals surface area contributed by atoms with Crippen molar-refractivity contribution < 1.29 is 24.1 Å². The molecule has 2 N–H and O–H groups in total. The van der Waals surface area contributed by atoms with E-state index in [9.17, 15) is 15.2 Å². The van der Waals surface area contributed by atoms with E-state index in [1.165, 1.54) is 4.90 Å². The van der Waals surface area contributed by atoms with Crippen LogP contribution < -0.4 is 15.0 Å². The number of aliphatic hydroxyl groups is 1. The number of anilines is 3. The van der Waals surface area contributed by atoms with Gasteiger partial charge in [-0.3, -0.25) is 4.90 Å². The van der Waals surface area contributed by atoms with Gasteiger partial charge >= 0.3 is 6.09 Å². The van der Waals surface area contributed by atoms with Crippen molar-refractivity contribution in [3.8, 4) is 23.2 Å². The molecule has 2 aromatic heterocycles. The molecule has 11 nitrogen and oxygen atoms in total. The normalized spacial score (nSPS) is 20.1. The first-order chi connectivity index (χ1) is 19.1. The van der Waals surface area contributed by atoms with E-state index in [0.717, 1.165) is 6.42 Å². The zero-order chi connectivity index (χ0) is 28.5. The number of aliphatic hydroxyl groups excluding tert-OH is 1. The summed E-state index contributed by atoms with van der Waals surface area (Å²) in [5, 5.41) is 23.6. The first-order valence-corrected chi connectivity index (χ1v) is 13.1. The summed E-state index contributed by atoms with van der Waals surface area (Å²) in [7, 11) is 0. The van der Waals surface area contributed by atoms with E-state index in [1.807, 2.05) is 19.1 Å². The molecule has 2 atom stereocenters. The molecule has 1 amide bonds. The average molecular weight is 545 g/mol. The molecule has 3 aromatic rings. The molecule has 1 fully saturated rings. The number of carbonyl (C=O) groups excluding carboxylic acids is 1. The molecule has 4 heterocycles. The Labute approximate surface area is 232 Å². The Kier molecular flexibility index (Phi) is 7.31. The van der Waals surface area contributed by atoms with Crippen LogP contribution in [-0.4, -0.2) is 64.2 Å². The number of nitriles is 1. The van der Waals surface area contributed by atoms with Crippen LogP contribution in [-0.2, 0) is 14.9 Å². The van der Waals surface area contributed by atoms with Crippen molar-refractivity contribution in [2.45, 2.75) is 51.2 Å². The number of hydrogen-bond acceptors (Lipinski definition) is 10. The summed E-state index contributed by atoms with van der Waals surface area (Å²) in [5.41, 5.74) is 1.71. The fourth-order valence-electron chi connectivity index (χ4n) is 4.78. The Balaban J connectivity index is 1.48. The third-order valence-corrected chi connectivity index (χ3v) is 6.76. The van der Waals surface area contributed by atoms with E-state index in [4.69, 9.17) is 14.2 Å². The van der Waals surface area contributed by atoms with Gasteiger partial charge in [0.05, 0.1) is 36.8 Å². The lowest BCUT2D eigenvalue weighted by Gasteiger charge is -2.26. The lowest BCUT2D eigenvalue weighted by Crippen LogP contribution is -2.40. The van der Waals surface area contributed by atoms with Gasteiger partial charge in [0.25, 0.3) is 0 Å². The molecule has 1 saturated heterocycles. The quantitative estimate of drug-likeness (QED) is 0.460. The van der Waals surface area contributed by atoms with Crippen molar-refractivity contribution >= 4 is 23.4 Å². The second-order valence-corrected chi connectivity index (χ2v) is 11.2. The van der Waals surface area contributed by atoms with Crippen LogP contribution >= 0.6 is 0 Å². The van der Waals surface area contributed by atoms with E-state index >= 15 is 0 Å². The van der Waals surface area contributed by atoms with Gasteiger partial charge in [-0.15, -0.1) is 0 Å². The van der Waals surface area contributed by atoms with Crippen molar-refractivity contribution in [1.29, 1.82) is 5.26 Å². The summed E-state index contributed by atoms with van der Waals surface area (Å²) in [6.45, 7) is 8.33. The maximum atomic E-state index is 13.1. The maximum Gasteiger partial charge on any atom is 0.414 e. The fraction of sp³-hybridized carbons (Fsp3) is 0.414. The molecule has 5 rings (SSSR count). The van der Waals surface area contributed by atoms with Gasteiger partial charge in [0, 0.05) is 36.3 Å². The minimum absolute atomic E-state index is 0.0698. The van der Waals surface area contributed by atoms with Gasteiger partial charge in [-0.25, -0.2) is 19.7 Å². The molecule has 0 radical (unpaired) electrons. The van der Waals surface area contributed by atoms with Crippen molar-refractivity contribution in [2.24, 2.45) is 0 Å². The summed E-state index contributed by atoms with van der Waals surface area (Å²) < 4.78 is 17.0. The van der Waals surface area contributed by atoms with Gasteiger partial charge in [0.1, 0.15) is 23.5 Å². The summed E-state index contributed by atoms with van der Waals surface area (Å²) in [5.74, 6) is 0.745. The first kappa shape index (κ1) is 27.3. The summed E-state index contributed by atoms with van der Waals surface area (Å²) in [6.07, 6.45) is 3.42. The molecular formula is C29H32N6O5. The number of amides is 1. The molecule has 40 heavy (non-hydrogen) atoms. The van der Waals surface area contributed by atoms with Crippen LogP contribution in [0.2, 0.25) is 0 Å². The number of hydrogen-bond donors (Lipinski definition) is 2. The van der Waals surface area contributed by atoms with Crippen LogP contribution in [0.25, 0.3) is 11.3 Å². The molecular weight excluding hydrogens is 512 g/mol. The number of rotatable bonds is 6. The zero-order valence-corrected chi connectivity index (χ0v) is 23.0. The number of pyridine rings is 1. The van der Waals surface area contributed by atoms with E-state index in [-0.39, 0.29) is 24.8 Å². The predicted octanol–water partition coefficient (Wildman–Crippen LogP) is 4.33. The van der Waals surface area contributed by atoms with Crippen molar-refractivity contribution in [1.82, 2.24) is 15.0 Å². The lowest BCUT2D eigenvalue weighted by molar-refractivity contribution is 0.0575. The monoisotopic (exact) mass is 544 g/mol. The molecule has 11 heteroatoms. The number of ether oxygens (including phenoxy) is 3. The summed E-state index contributed by atoms with van der Waals surface area (Å²) >= 11 is 0. The minimum Gasteiger partial charge on any atom is -0.470 e. The van der Waals surface area contributed by atoms with Crippen molar-refractivity contribution in [2.75, 3.05) is 36.6 Å². The van der Waals surface area contributed by atoms with Crippen molar-refractivity contribution in [3.05, 3.63) is 53.9 Å². The molecule has 0 saturated carbocycles. The number of aromatic nitrogens is 3. The van der Waals surface area contributed by atoms with E-state index in [1.54, 1.807) is 51.4 Å². The second kappa shape index (κ2) is 10.7. The molecule has 2 aliphatic heterocycles. The number of fused-ring (bicyclic) bond motifs is 1. The smallest absolute Gasteiger partial charge is 0.414 e. The third kappa shape index (κ3) is 5.54. The van der Waals surface area contributed by atoms with Crippen LogP contribution in [0.3, 0.4) is 0 Å². The topological polar surface area (TPSA) is 143 Å². The van der Waals surface area contributed by atoms with Gasteiger partial charge in [0.2, 0.25) is 11.8 Å². The van der Waals surface area contributed by atoms with Gasteiger partial charge in [-0.1, -0.05) is 6.92 Å². The zero-order valence-electron chi connectivity index (χ0n) is 23.0. The molecule has 2 aliphatic rings. The van der Waals surface area contributed by atoms with Crippen LogP contribution in [0, 0.1) is 11.3 Å². The van der Waals surface area contributed by atoms with E-state index in [2.05, 4.69) is 26.3 Å². The highest BCUT2D eigenvalue weighted by Crippen LogP contribution is 2.45. The molecule has 208 valence electrons. The van der Waals surface area contributed by atoms with E-state index in [0.29, 0.717) is 53.2 Å². The van der Waals surface area contributed by atoms with Crippen LogP contribution in [0.15, 0.2) is 42.7 Å². The lowest BCUT2D eigenvalue weighted by atomic mass is 9.83. The number of benzene rings is 1. The molecule has 0 unspecified atom stereocenters. The highest BCUT2D eigenvalue weighted by atomic mass is 16.6. The predicted molar refractivity (Wildman–Crippen MR) is 148 cm³/mol. The van der Waals surface area contributed by atoms with Crippen LogP contribution in [0.1, 0.15) is 45.2 Å². The highest BCUT2D eigenvalue weighted by Gasteiger charge is 2.44. The van der Waals surface area contributed by atoms with Crippen LogP contribution in [0.5, 0.6) is 5.88 Å². The Bertz CT molecular complexity index is 1460. The van der Waals surface area contributed by atoms with Gasteiger partial charge in [0.15, 0.2) is 0 Å². The molecule has 0 bridgehead atoms. The molecule has 0 spiro atoms. The highest BCUT2D eigenvalue weighted by molar-refractivity contribution is 5.95. The first-order valence-electron chi connectivity index (χ1n) is 13.1. The minimum atomic E-state index is -0.798.